The Morgan fingerprint density at radius 1 is 1.29 bits per heavy atom. The summed E-state index contributed by atoms with van der Waals surface area (Å²) in [5.41, 5.74) is -0.187. The molecule has 0 saturated heterocycles. The lowest BCUT2D eigenvalue weighted by atomic mass is 10.2. The molecular formula is C11H14BrNO6S2. The standard InChI is InChI=1S/C11H14BrNO6S2/c1-13(5-6-20(2,16)17)21(18,19)8-3-4-10(12)9(7-8)11(14)15/h3-4,7H,5-6H2,1-2H3,(H,14,15). The van der Waals surface area contributed by atoms with Crippen LogP contribution in [0.1, 0.15) is 10.4 Å². The predicted octanol–water partition coefficient (Wildman–Crippen LogP) is 0.812. The summed E-state index contributed by atoms with van der Waals surface area (Å²) in [5, 5.41) is 8.99. The SMILES string of the molecule is CN(CCS(C)(=O)=O)S(=O)(=O)c1ccc(Br)c(C(=O)O)c1. The van der Waals surface area contributed by atoms with Gasteiger partial charge in [-0.1, -0.05) is 0 Å². The fourth-order valence-electron chi connectivity index (χ4n) is 1.42. The summed E-state index contributed by atoms with van der Waals surface area (Å²) in [5.74, 6) is -1.58. The Bertz CT molecular complexity index is 757. The number of hydrogen-bond acceptors (Lipinski definition) is 5. The Morgan fingerprint density at radius 3 is 2.33 bits per heavy atom. The van der Waals surface area contributed by atoms with Crippen molar-refractivity contribution in [2.24, 2.45) is 0 Å². The highest BCUT2D eigenvalue weighted by Gasteiger charge is 2.23. The molecule has 0 amide bonds. The highest BCUT2D eigenvalue weighted by atomic mass is 79.9. The van der Waals surface area contributed by atoms with Crippen molar-refractivity contribution in [1.82, 2.24) is 4.31 Å². The van der Waals surface area contributed by atoms with Crippen molar-refractivity contribution < 1.29 is 26.7 Å². The van der Waals surface area contributed by atoms with Crippen molar-refractivity contribution in [3.05, 3.63) is 28.2 Å². The van der Waals surface area contributed by atoms with Gasteiger partial charge in [0.25, 0.3) is 0 Å². The smallest absolute Gasteiger partial charge is 0.336 e. The second-order valence-electron chi connectivity index (χ2n) is 4.40. The number of carbonyl (C=O) groups is 1. The van der Waals surface area contributed by atoms with Gasteiger partial charge in [0.05, 0.1) is 16.2 Å². The molecule has 1 rings (SSSR count). The van der Waals surface area contributed by atoms with Gasteiger partial charge in [0.1, 0.15) is 9.84 Å². The van der Waals surface area contributed by atoms with Crippen LogP contribution in [0, 0.1) is 0 Å². The fraction of sp³-hybridized carbons (Fsp3) is 0.364. The largest absolute Gasteiger partial charge is 0.478 e. The first kappa shape index (κ1) is 18.1. The minimum absolute atomic E-state index is 0.187. The molecule has 0 atom stereocenters. The van der Waals surface area contributed by atoms with E-state index in [2.05, 4.69) is 15.9 Å². The van der Waals surface area contributed by atoms with E-state index >= 15 is 0 Å². The van der Waals surface area contributed by atoms with Crippen LogP contribution in [0.2, 0.25) is 0 Å². The first-order chi connectivity index (χ1) is 9.45. The molecule has 0 heterocycles. The summed E-state index contributed by atoms with van der Waals surface area (Å²) in [6, 6.07) is 3.60. The van der Waals surface area contributed by atoms with E-state index in [1.54, 1.807) is 0 Å². The van der Waals surface area contributed by atoms with E-state index in [1.807, 2.05) is 0 Å². The van der Waals surface area contributed by atoms with Crippen molar-refractivity contribution >= 4 is 41.8 Å². The number of rotatable bonds is 6. The maximum atomic E-state index is 12.3. The molecule has 7 nitrogen and oxygen atoms in total. The van der Waals surface area contributed by atoms with Gasteiger partial charge in [-0.3, -0.25) is 0 Å². The van der Waals surface area contributed by atoms with Crippen molar-refractivity contribution in [2.45, 2.75) is 4.90 Å². The second kappa shape index (κ2) is 6.42. The van der Waals surface area contributed by atoms with Gasteiger partial charge in [-0.25, -0.2) is 21.6 Å². The number of hydrogen-bond donors (Lipinski definition) is 1. The monoisotopic (exact) mass is 399 g/mol. The van der Waals surface area contributed by atoms with Crippen molar-refractivity contribution in [3.63, 3.8) is 0 Å². The molecule has 0 spiro atoms. The van der Waals surface area contributed by atoms with Crippen molar-refractivity contribution in [2.75, 3.05) is 25.6 Å². The Morgan fingerprint density at radius 2 is 1.86 bits per heavy atom. The zero-order chi connectivity index (χ0) is 16.4. The minimum Gasteiger partial charge on any atom is -0.478 e. The van der Waals surface area contributed by atoms with Gasteiger partial charge in [0.15, 0.2) is 0 Å². The predicted molar refractivity (Wildman–Crippen MR) is 80.6 cm³/mol. The lowest BCUT2D eigenvalue weighted by Gasteiger charge is -2.17. The van der Waals surface area contributed by atoms with Gasteiger partial charge in [0.2, 0.25) is 10.0 Å². The van der Waals surface area contributed by atoms with Crippen LogP contribution in [0.25, 0.3) is 0 Å². The quantitative estimate of drug-likeness (QED) is 0.757. The molecule has 0 aliphatic carbocycles. The first-order valence-corrected chi connectivity index (χ1v) is 9.91. The van der Waals surface area contributed by atoms with E-state index in [0.29, 0.717) is 0 Å². The highest BCUT2D eigenvalue weighted by molar-refractivity contribution is 9.10. The Hall–Kier alpha value is -0.970. The minimum atomic E-state index is -3.95. The molecule has 1 aromatic carbocycles. The topological polar surface area (TPSA) is 109 Å². The third kappa shape index (κ3) is 4.77. The zero-order valence-corrected chi connectivity index (χ0v) is 14.5. The summed E-state index contributed by atoms with van der Waals surface area (Å²) in [6.07, 6.45) is 1.01. The van der Waals surface area contributed by atoms with Crippen LogP contribution in [0.3, 0.4) is 0 Å². The van der Waals surface area contributed by atoms with Gasteiger partial charge in [-0.05, 0) is 34.1 Å². The number of aromatic carboxylic acids is 1. The molecule has 0 aliphatic rings. The Kier molecular flexibility index (Phi) is 5.53. The summed E-state index contributed by atoms with van der Waals surface area (Å²) in [6.45, 7) is -0.209. The molecule has 0 fully saturated rings. The number of halogens is 1. The van der Waals surface area contributed by atoms with Gasteiger partial charge < -0.3 is 5.11 Å². The zero-order valence-electron chi connectivity index (χ0n) is 11.3. The lowest BCUT2D eigenvalue weighted by Crippen LogP contribution is -2.31. The van der Waals surface area contributed by atoms with Gasteiger partial charge >= 0.3 is 5.97 Å². The van der Waals surface area contributed by atoms with Crippen LogP contribution in [0.4, 0.5) is 0 Å². The van der Waals surface area contributed by atoms with Gasteiger partial charge in [-0.2, -0.15) is 4.31 Å². The third-order valence-corrected chi connectivity index (χ3v) is 6.12. The van der Waals surface area contributed by atoms with Gasteiger partial charge in [-0.15, -0.1) is 0 Å². The summed E-state index contributed by atoms with van der Waals surface area (Å²) >= 11 is 3.02. The first-order valence-electron chi connectivity index (χ1n) is 5.62. The molecule has 0 saturated carbocycles. The Labute approximate surface area is 131 Å². The van der Waals surface area contributed by atoms with E-state index in [4.69, 9.17) is 5.11 Å². The number of sulfone groups is 1. The molecule has 0 aromatic heterocycles. The number of sulfonamides is 1. The Balaban J connectivity index is 3.13. The average Bonchev–Trinajstić information content (AvgIpc) is 2.34. The third-order valence-electron chi connectivity index (χ3n) is 2.65. The fourth-order valence-corrected chi connectivity index (χ4v) is 3.76. The maximum absolute atomic E-state index is 12.3. The maximum Gasteiger partial charge on any atom is 0.336 e. The molecule has 0 radical (unpaired) electrons. The molecular weight excluding hydrogens is 386 g/mol. The molecule has 21 heavy (non-hydrogen) atoms. The summed E-state index contributed by atoms with van der Waals surface area (Å²) in [4.78, 5) is 10.8. The average molecular weight is 400 g/mol. The highest BCUT2D eigenvalue weighted by Crippen LogP contribution is 2.22. The number of carboxylic acid groups (broad SMARTS) is 1. The number of benzene rings is 1. The van der Waals surface area contributed by atoms with E-state index in [9.17, 15) is 21.6 Å². The molecule has 0 unspecified atom stereocenters. The molecule has 1 N–H and O–H groups in total. The lowest BCUT2D eigenvalue weighted by molar-refractivity contribution is 0.0695. The van der Waals surface area contributed by atoms with E-state index < -0.39 is 25.8 Å². The second-order valence-corrected chi connectivity index (χ2v) is 9.56. The van der Waals surface area contributed by atoms with E-state index in [1.165, 1.54) is 19.2 Å². The van der Waals surface area contributed by atoms with Crippen molar-refractivity contribution in [3.8, 4) is 0 Å². The van der Waals surface area contributed by atoms with Crippen LogP contribution in [-0.4, -0.2) is 57.8 Å². The normalized spacial score (nSPS) is 12.6. The van der Waals surface area contributed by atoms with Crippen LogP contribution < -0.4 is 0 Å². The molecule has 118 valence electrons. The van der Waals surface area contributed by atoms with E-state index in [-0.39, 0.29) is 27.2 Å². The molecule has 1 aromatic rings. The van der Waals surface area contributed by atoms with Crippen LogP contribution in [-0.2, 0) is 19.9 Å². The van der Waals surface area contributed by atoms with Crippen LogP contribution >= 0.6 is 15.9 Å². The molecule has 0 aliphatic heterocycles. The summed E-state index contributed by atoms with van der Waals surface area (Å²) in [7, 11) is -6.01. The van der Waals surface area contributed by atoms with Gasteiger partial charge in [0, 0.05) is 24.3 Å². The van der Waals surface area contributed by atoms with Crippen LogP contribution in [0.5, 0.6) is 0 Å². The number of carboxylic acids is 1. The molecule has 10 heteroatoms. The van der Waals surface area contributed by atoms with Crippen LogP contribution in [0.15, 0.2) is 27.6 Å². The van der Waals surface area contributed by atoms with E-state index in [0.717, 1.165) is 16.6 Å². The van der Waals surface area contributed by atoms with Crippen molar-refractivity contribution in [1.29, 1.82) is 0 Å². The summed E-state index contributed by atoms with van der Waals surface area (Å²) < 4.78 is 47.8. The molecule has 0 bridgehead atoms. The number of nitrogens with zero attached hydrogens (tertiary/aromatic N) is 1.